The first-order valence-corrected chi connectivity index (χ1v) is 9.16. The van der Waals surface area contributed by atoms with Crippen molar-refractivity contribution in [1.82, 2.24) is 0 Å². The highest BCUT2D eigenvalue weighted by Gasteiger charge is 2.29. The molecular weight excluding hydrogens is 360 g/mol. The molecule has 7 nitrogen and oxygen atoms in total. The number of benzene rings is 2. The molecule has 0 unspecified atom stereocenters. The van der Waals surface area contributed by atoms with Gasteiger partial charge in [0.2, 0.25) is 5.91 Å². The Labute approximate surface area is 163 Å². The minimum absolute atomic E-state index is 0.000619. The molecule has 0 saturated heterocycles. The molecule has 1 fully saturated rings. The molecule has 146 valence electrons. The number of carbonyl (C=O) groups excluding carboxylic acids is 3. The molecule has 1 aliphatic carbocycles. The van der Waals surface area contributed by atoms with Crippen LogP contribution in [0.2, 0.25) is 0 Å². The van der Waals surface area contributed by atoms with Crippen LogP contribution in [0.3, 0.4) is 0 Å². The summed E-state index contributed by atoms with van der Waals surface area (Å²) in [5.41, 5.74) is 1.44. The highest BCUT2D eigenvalue weighted by Crippen LogP contribution is 2.30. The summed E-state index contributed by atoms with van der Waals surface area (Å²) in [5, 5.41) is 5.46. The molecule has 0 aromatic heterocycles. The van der Waals surface area contributed by atoms with Crippen molar-refractivity contribution in [3.63, 3.8) is 0 Å². The van der Waals surface area contributed by atoms with Gasteiger partial charge >= 0.3 is 5.97 Å². The van der Waals surface area contributed by atoms with Crippen LogP contribution in [0.25, 0.3) is 0 Å². The molecule has 0 aliphatic heterocycles. The van der Waals surface area contributed by atoms with Crippen molar-refractivity contribution < 1.29 is 23.9 Å². The molecule has 2 amide bonds. The lowest BCUT2D eigenvalue weighted by atomic mass is 10.2. The summed E-state index contributed by atoms with van der Waals surface area (Å²) in [6, 6.07) is 13.4. The number of nitrogens with one attached hydrogen (secondary N) is 2. The van der Waals surface area contributed by atoms with Crippen molar-refractivity contribution >= 4 is 29.2 Å². The first-order valence-electron chi connectivity index (χ1n) is 9.16. The number of carbonyl (C=O) groups is 3. The number of hydrogen-bond donors (Lipinski definition) is 2. The lowest BCUT2D eigenvalue weighted by molar-refractivity contribution is -0.119. The van der Waals surface area contributed by atoms with Gasteiger partial charge < -0.3 is 20.1 Å². The zero-order chi connectivity index (χ0) is 19.9. The molecule has 2 aromatic carbocycles. The second-order valence-corrected chi connectivity index (χ2v) is 6.39. The molecule has 0 radical (unpaired) electrons. The van der Waals surface area contributed by atoms with E-state index in [0.717, 1.165) is 12.8 Å². The topological polar surface area (TPSA) is 93.7 Å². The van der Waals surface area contributed by atoms with E-state index in [2.05, 4.69) is 10.6 Å². The monoisotopic (exact) mass is 382 g/mol. The number of esters is 1. The van der Waals surface area contributed by atoms with Gasteiger partial charge in [-0.3, -0.25) is 9.59 Å². The second kappa shape index (κ2) is 9.03. The van der Waals surface area contributed by atoms with Gasteiger partial charge in [0.15, 0.2) is 6.61 Å². The predicted octanol–water partition coefficient (Wildman–Crippen LogP) is 3.23. The minimum atomic E-state index is -0.617. The molecule has 0 spiro atoms. The quantitative estimate of drug-likeness (QED) is 0.684. The number of para-hydroxylation sites is 2. The van der Waals surface area contributed by atoms with Crippen molar-refractivity contribution in [1.29, 1.82) is 0 Å². The standard InChI is InChI=1S/C21H22N2O5/c1-2-27-18-6-4-3-5-17(18)23-19(24)13-28-21(26)15-9-11-16(12-10-15)22-20(25)14-7-8-14/h3-6,9-12,14H,2,7-8,13H2,1H3,(H,22,25)(H,23,24). The Hall–Kier alpha value is -3.35. The van der Waals surface area contributed by atoms with Crippen molar-refractivity contribution in [2.45, 2.75) is 19.8 Å². The second-order valence-electron chi connectivity index (χ2n) is 6.39. The highest BCUT2D eigenvalue weighted by molar-refractivity contribution is 5.97. The van der Waals surface area contributed by atoms with Gasteiger partial charge in [-0.15, -0.1) is 0 Å². The summed E-state index contributed by atoms with van der Waals surface area (Å²) >= 11 is 0. The number of anilines is 2. The van der Waals surface area contributed by atoms with E-state index in [1.165, 1.54) is 0 Å². The number of rotatable bonds is 8. The van der Waals surface area contributed by atoms with E-state index < -0.39 is 18.5 Å². The Morgan fingerprint density at radius 3 is 2.39 bits per heavy atom. The summed E-state index contributed by atoms with van der Waals surface area (Å²) in [7, 11) is 0. The van der Waals surface area contributed by atoms with E-state index in [9.17, 15) is 14.4 Å². The fourth-order valence-electron chi connectivity index (χ4n) is 2.53. The third-order valence-electron chi connectivity index (χ3n) is 4.13. The fraction of sp³-hybridized carbons (Fsp3) is 0.286. The van der Waals surface area contributed by atoms with Gasteiger partial charge in [-0.25, -0.2) is 4.79 Å². The minimum Gasteiger partial charge on any atom is -0.492 e. The van der Waals surface area contributed by atoms with Crippen molar-refractivity contribution in [2.75, 3.05) is 23.8 Å². The Bertz CT molecular complexity index is 859. The Balaban J connectivity index is 1.49. The van der Waals surface area contributed by atoms with Gasteiger partial charge in [-0.05, 0) is 56.2 Å². The summed E-state index contributed by atoms with van der Waals surface area (Å²) in [4.78, 5) is 35.9. The predicted molar refractivity (Wildman–Crippen MR) is 104 cm³/mol. The number of amides is 2. The van der Waals surface area contributed by atoms with E-state index in [0.29, 0.717) is 29.3 Å². The summed E-state index contributed by atoms with van der Waals surface area (Å²) < 4.78 is 10.5. The van der Waals surface area contributed by atoms with E-state index in [-0.39, 0.29) is 11.8 Å². The maximum absolute atomic E-state index is 12.1. The van der Waals surface area contributed by atoms with E-state index in [4.69, 9.17) is 9.47 Å². The average molecular weight is 382 g/mol. The van der Waals surface area contributed by atoms with Gasteiger partial charge in [-0.2, -0.15) is 0 Å². The number of ether oxygens (including phenoxy) is 2. The van der Waals surface area contributed by atoms with Crippen LogP contribution in [0.15, 0.2) is 48.5 Å². The molecule has 1 saturated carbocycles. The van der Waals surface area contributed by atoms with E-state index in [1.54, 1.807) is 48.5 Å². The fourth-order valence-corrected chi connectivity index (χ4v) is 2.53. The molecule has 3 rings (SSSR count). The van der Waals surface area contributed by atoms with Crippen LogP contribution in [-0.2, 0) is 14.3 Å². The SMILES string of the molecule is CCOc1ccccc1NC(=O)COC(=O)c1ccc(NC(=O)C2CC2)cc1. The van der Waals surface area contributed by atoms with Crippen molar-refractivity contribution in [2.24, 2.45) is 5.92 Å². The maximum Gasteiger partial charge on any atom is 0.338 e. The molecule has 1 aliphatic rings. The van der Waals surface area contributed by atoms with Crippen molar-refractivity contribution in [3.05, 3.63) is 54.1 Å². The van der Waals surface area contributed by atoms with Gasteiger partial charge in [-0.1, -0.05) is 12.1 Å². The smallest absolute Gasteiger partial charge is 0.338 e. The van der Waals surface area contributed by atoms with Crippen LogP contribution >= 0.6 is 0 Å². The Morgan fingerprint density at radius 1 is 1.00 bits per heavy atom. The van der Waals surface area contributed by atoms with Gasteiger partial charge in [0.25, 0.3) is 5.91 Å². The molecule has 7 heteroatoms. The van der Waals surface area contributed by atoms with Crippen LogP contribution in [0.4, 0.5) is 11.4 Å². The Kier molecular flexibility index (Phi) is 6.26. The van der Waals surface area contributed by atoms with Crippen LogP contribution in [0.5, 0.6) is 5.75 Å². The van der Waals surface area contributed by atoms with Crippen LogP contribution in [0, 0.1) is 5.92 Å². The normalized spacial score (nSPS) is 12.8. The molecule has 0 heterocycles. The molecule has 2 aromatic rings. The Morgan fingerprint density at radius 2 is 1.71 bits per heavy atom. The molecule has 0 bridgehead atoms. The van der Waals surface area contributed by atoms with Crippen LogP contribution in [0.1, 0.15) is 30.1 Å². The number of hydrogen-bond acceptors (Lipinski definition) is 5. The lowest BCUT2D eigenvalue weighted by Crippen LogP contribution is -2.21. The van der Waals surface area contributed by atoms with E-state index >= 15 is 0 Å². The van der Waals surface area contributed by atoms with Crippen LogP contribution in [-0.4, -0.2) is 31.0 Å². The van der Waals surface area contributed by atoms with Gasteiger partial charge in [0.05, 0.1) is 17.9 Å². The summed E-state index contributed by atoms with van der Waals surface area (Å²) in [6.07, 6.45) is 1.85. The molecule has 2 N–H and O–H groups in total. The summed E-state index contributed by atoms with van der Waals surface area (Å²) in [5.74, 6) is -0.425. The van der Waals surface area contributed by atoms with Crippen molar-refractivity contribution in [3.8, 4) is 5.75 Å². The zero-order valence-corrected chi connectivity index (χ0v) is 15.6. The zero-order valence-electron chi connectivity index (χ0n) is 15.6. The lowest BCUT2D eigenvalue weighted by Gasteiger charge is -2.11. The average Bonchev–Trinajstić information content (AvgIpc) is 3.54. The van der Waals surface area contributed by atoms with E-state index in [1.807, 2.05) is 6.92 Å². The first-order chi connectivity index (χ1) is 13.6. The molecule has 28 heavy (non-hydrogen) atoms. The summed E-state index contributed by atoms with van der Waals surface area (Å²) in [6.45, 7) is 1.90. The molecule has 0 atom stereocenters. The largest absolute Gasteiger partial charge is 0.492 e. The first kappa shape index (κ1) is 19.4. The van der Waals surface area contributed by atoms with Gasteiger partial charge in [0.1, 0.15) is 5.75 Å². The van der Waals surface area contributed by atoms with Gasteiger partial charge in [0, 0.05) is 11.6 Å². The highest BCUT2D eigenvalue weighted by atomic mass is 16.5. The van der Waals surface area contributed by atoms with Crippen LogP contribution < -0.4 is 15.4 Å². The third kappa shape index (κ3) is 5.33. The molecular formula is C21H22N2O5. The third-order valence-corrected chi connectivity index (χ3v) is 4.13. The maximum atomic E-state index is 12.1.